The summed E-state index contributed by atoms with van der Waals surface area (Å²) < 4.78 is 8.69. The van der Waals surface area contributed by atoms with Gasteiger partial charge in [-0.3, -0.25) is 4.79 Å². The summed E-state index contributed by atoms with van der Waals surface area (Å²) in [6.45, 7) is 9.12. The molecule has 6 heteroatoms. The first kappa shape index (κ1) is 19.7. The highest BCUT2D eigenvalue weighted by atomic mass is 32.2. The van der Waals surface area contributed by atoms with Crippen LogP contribution in [0.15, 0.2) is 46.3 Å². The number of nitrogens with zero attached hydrogens (tertiary/aromatic N) is 2. The maximum Gasteiger partial charge on any atom is 0.279 e. The zero-order chi connectivity index (χ0) is 19.6. The molecule has 0 N–H and O–H groups in total. The number of methoxy groups -OCH3 is 1. The first-order valence-corrected chi connectivity index (χ1v) is 10.7. The standard InChI is InChI=1S/C21H24N2O2S2/c1-6-23-18-17(25-5)11-10-14(4)19(18)27-21(23)22-20(24)15-8-7-9-16(12-15)26-13(2)3/h7-13H,6H2,1-5H3. The number of fused-ring (bicyclic) bond motifs is 1. The lowest BCUT2D eigenvalue weighted by Gasteiger charge is -2.07. The Kier molecular flexibility index (Phi) is 6.07. The number of aryl methyl sites for hydroxylation is 2. The van der Waals surface area contributed by atoms with Crippen molar-refractivity contribution in [3.05, 3.63) is 52.3 Å². The van der Waals surface area contributed by atoms with Crippen LogP contribution in [-0.2, 0) is 6.54 Å². The number of hydrogen-bond acceptors (Lipinski definition) is 4. The molecule has 1 amide bonds. The Morgan fingerprint density at radius 2 is 2.07 bits per heavy atom. The van der Waals surface area contributed by atoms with Crippen molar-refractivity contribution in [2.24, 2.45) is 4.99 Å². The molecule has 4 nitrogen and oxygen atoms in total. The van der Waals surface area contributed by atoms with E-state index in [2.05, 4.69) is 37.3 Å². The molecule has 0 unspecified atom stereocenters. The monoisotopic (exact) mass is 400 g/mol. The molecule has 0 radical (unpaired) electrons. The van der Waals surface area contributed by atoms with Crippen molar-refractivity contribution in [2.75, 3.05) is 7.11 Å². The molecule has 0 aliphatic heterocycles. The topological polar surface area (TPSA) is 43.6 Å². The molecule has 142 valence electrons. The summed E-state index contributed by atoms with van der Waals surface area (Å²) in [5.41, 5.74) is 2.77. The van der Waals surface area contributed by atoms with Crippen LogP contribution in [0.1, 0.15) is 36.7 Å². The second-order valence-electron chi connectivity index (χ2n) is 6.50. The van der Waals surface area contributed by atoms with Crippen molar-refractivity contribution in [2.45, 2.75) is 44.4 Å². The molecule has 3 aromatic rings. The summed E-state index contributed by atoms with van der Waals surface area (Å²) in [7, 11) is 1.67. The maximum absolute atomic E-state index is 12.8. The van der Waals surface area contributed by atoms with E-state index in [9.17, 15) is 4.79 Å². The number of aromatic nitrogens is 1. The van der Waals surface area contributed by atoms with Gasteiger partial charge < -0.3 is 9.30 Å². The highest BCUT2D eigenvalue weighted by Gasteiger charge is 2.14. The predicted molar refractivity (Wildman–Crippen MR) is 114 cm³/mol. The van der Waals surface area contributed by atoms with Crippen molar-refractivity contribution >= 4 is 39.2 Å². The van der Waals surface area contributed by atoms with E-state index in [1.165, 1.54) is 11.3 Å². The third kappa shape index (κ3) is 4.12. The normalized spacial score (nSPS) is 12.1. The first-order valence-electron chi connectivity index (χ1n) is 8.97. The average molecular weight is 401 g/mol. The lowest BCUT2D eigenvalue weighted by Crippen LogP contribution is -2.16. The Morgan fingerprint density at radius 1 is 1.30 bits per heavy atom. The average Bonchev–Trinajstić information content (AvgIpc) is 3.01. The van der Waals surface area contributed by atoms with E-state index >= 15 is 0 Å². The van der Waals surface area contributed by atoms with Crippen molar-refractivity contribution in [3.8, 4) is 5.75 Å². The number of benzene rings is 2. The number of ether oxygens (including phenoxy) is 1. The molecule has 0 spiro atoms. The van der Waals surface area contributed by atoms with Gasteiger partial charge in [0.1, 0.15) is 11.3 Å². The minimum absolute atomic E-state index is 0.216. The number of rotatable bonds is 5. The minimum atomic E-state index is -0.216. The third-order valence-corrected chi connectivity index (χ3v) is 6.38. The van der Waals surface area contributed by atoms with E-state index in [1.807, 2.05) is 36.4 Å². The fraction of sp³-hybridized carbons (Fsp3) is 0.333. The lowest BCUT2D eigenvalue weighted by molar-refractivity contribution is 0.0997. The lowest BCUT2D eigenvalue weighted by atomic mass is 10.2. The molecule has 27 heavy (non-hydrogen) atoms. The van der Waals surface area contributed by atoms with Gasteiger partial charge in [0.15, 0.2) is 4.80 Å². The highest BCUT2D eigenvalue weighted by Crippen LogP contribution is 2.30. The van der Waals surface area contributed by atoms with E-state index in [0.29, 0.717) is 15.6 Å². The van der Waals surface area contributed by atoms with Crippen LogP contribution < -0.4 is 9.54 Å². The van der Waals surface area contributed by atoms with Crippen molar-refractivity contribution in [3.63, 3.8) is 0 Å². The molecule has 1 heterocycles. The van der Waals surface area contributed by atoms with E-state index < -0.39 is 0 Å². The second-order valence-corrected chi connectivity index (χ2v) is 9.13. The Balaban J connectivity index is 2.11. The van der Waals surface area contributed by atoms with E-state index in [0.717, 1.165) is 33.0 Å². The Hall–Kier alpha value is -2.05. The molecule has 0 atom stereocenters. The first-order chi connectivity index (χ1) is 12.9. The summed E-state index contributed by atoms with van der Waals surface area (Å²) in [5.74, 6) is 0.588. The zero-order valence-electron chi connectivity index (χ0n) is 16.3. The molecule has 0 saturated carbocycles. The number of carbonyl (C=O) groups is 1. The predicted octanol–water partition coefficient (Wildman–Crippen LogP) is 5.28. The van der Waals surface area contributed by atoms with Crippen LogP contribution in [0, 0.1) is 6.92 Å². The molecular formula is C21H24N2O2S2. The van der Waals surface area contributed by atoms with Gasteiger partial charge in [-0.25, -0.2) is 0 Å². The molecule has 1 aromatic heterocycles. The molecular weight excluding hydrogens is 376 g/mol. The third-order valence-electron chi connectivity index (χ3n) is 4.17. The maximum atomic E-state index is 12.8. The van der Waals surface area contributed by atoms with Crippen LogP contribution in [0.5, 0.6) is 5.75 Å². The van der Waals surface area contributed by atoms with Gasteiger partial charge in [-0.1, -0.05) is 37.3 Å². The highest BCUT2D eigenvalue weighted by molar-refractivity contribution is 7.99. The quantitative estimate of drug-likeness (QED) is 0.547. The smallest absolute Gasteiger partial charge is 0.279 e. The largest absolute Gasteiger partial charge is 0.495 e. The molecule has 2 aromatic carbocycles. The molecule has 0 saturated heterocycles. The van der Waals surface area contributed by atoms with E-state index in [4.69, 9.17) is 4.74 Å². The summed E-state index contributed by atoms with van der Waals surface area (Å²) >= 11 is 3.27. The SMILES string of the molecule is CCn1c(=NC(=O)c2cccc(SC(C)C)c2)sc2c(C)ccc(OC)c21. The van der Waals surface area contributed by atoms with Gasteiger partial charge in [-0.05, 0) is 43.7 Å². The number of thioether (sulfide) groups is 1. The Bertz CT molecular complexity index is 1050. The molecule has 0 aliphatic rings. The summed E-state index contributed by atoms with van der Waals surface area (Å²) in [5, 5.41) is 0.465. The fourth-order valence-corrected chi connectivity index (χ4v) is 5.02. The summed E-state index contributed by atoms with van der Waals surface area (Å²) in [4.78, 5) is 19.1. The number of amides is 1. The van der Waals surface area contributed by atoms with Gasteiger partial charge in [0.2, 0.25) is 0 Å². The van der Waals surface area contributed by atoms with Crippen LogP contribution in [0.3, 0.4) is 0 Å². The van der Waals surface area contributed by atoms with Gasteiger partial charge in [-0.15, -0.1) is 11.8 Å². The molecule has 3 rings (SSSR count). The van der Waals surface area contributed by atoms with Gasteiger partial charge in [0, 0.05) is 22.3 Å². The molecule has 0 aliphatic carbocycles. The van der Waals surface area contributed by atoms with Gasteiger partial charge in [-0.2, -0.15) is 4.99 Å². The van der Waals surface area contributed by atoms with E-state index in [-0.39, 0.29) is 5.91 Å². The Labute approximate surface area is 167 Å². The van der Waals surface area contributed by atoms with Crippen LogP contribution in [-0.4, -0.2) is 22.8 Å². The number of carbonyl (C=O) groups excluding carboxylic acids is 1. The van der Waals surface area contributed by atoms with Crippen molar-refractivity contribution < 1.29 is 9.53 Å². The number of thiazole rings is 1. The molecule has 0 bridgehead atoms. The zero-order valence-corrected chi connectivity index (χ0v) is 17.9. The minimum Gasteiger partial charge on any atom is -0.495 e. The van der Waals surface area contributed by atoms with Crippen molar-refractivity contribution in [1.29, 1.82) is 0 Å². The second kappa shape index (κ2) is 8.31. The van der Waals surface area contributed by atoms with E-state index in [1.54, 1.807) is 18.9 Å². The molecule has 0 fully saturated rings. The van der Waals surface area contributed by atoms with Gasteiger partial charge >= 0.3 is 0 Å². The van der Waals surface area contributed by atoms with Crippen LogP contribution in [0.2, 0.25) is 0 Å². The van der Waals surface area contributed by atoms with Gasteiger partial charge in [0.25, 0.3) is 5.91 Å². The summed E-state index contributed by atoms with van der Waals surface area (Å²) in [6.07, 6.45) is 0. The summed E-state index contributed by atoms with van der Waals surface area (Å²) in [6, 6.07) is 11.7. The Morgan fingerprint density at radius 3 is 2.74 bits per heavy atom. The van der Waals surface area contributed by atoms with Crippen LogP contribution in [0.4, 0.5) is 0 Å². The van der Waals surface area contributed by atoms with Crippen LogP contribution >= 0.6 is 23.1 Å². The van der Waals surface area contributed by atoms with Crippen molar-refractivity contribution in [1.82, 2.24) is 4.57 Å². The van der Waals surface area contributed by atoms with Gasteiger partial charge in [0.05, 0.1) is 11.8 Å². The fourth-order valence-electron chi connectivity index (χ4n) is 2.95. The van der Waals surface area contributed by atoms with Crippen LogP contribution in [0.25, 0.3) is 10.2 Å². The number of hydrogen-bond donors (Lipinski definition) is 0.